The van der Waals surface area contributed by atoms with Gasteiger partial charge in [0.1, 0.15) is 6.33 Å². The van der Waals surface area contributed by atoms with Gasteiger partial charge in [0.05, 0.1) is 5.02 Å². The van der Waals surface area contributed by atoms with Crippen LogP contribution in [0, 0.1) is 11.8 Å². The summed E-state index contributed by atoms with van der Waals surface area (Å²) in [5.41, 5.74) is 0.918. The number of halogens is 1. The van der Waals surface area contributed by atoms with Gasteiger partial charge in [0.15, 0.2) is 5.84 Å². The van der Waals surface area contributed by atoms with Crippen LogP contribution in [0.5, 0.6) is 0 Å². The van der Waals surface area contributed by atoms with E-state index in [2.05, 4.69) is 37.7 Å². The second kappa shape index (κ2) is 9.62. The van der Waals surface area contributed by atoms with Gasteiger partial charge >= 0.3 is 0 Å². The predicted octanol–water partition coefficient (Wildman–Crippen LogP) is 5.14. The first-order valence-electron chi connectivity index (χ1n) is 9.04. The molecule has 2 rings (SSSR count). The molecule has 1 heterocycles. The molecule has 0 fully saturated rings. The Kier molecular flexibility index (Phi) is 7.51. The van der Waals surface area contributed by atoms with E-state index in [0.717, 1.165) is 37.3 Å². The summed E-state index contributed by atoms with van der Waals surface area (Å²) in [5.74, 6) is 2.11. The van der Waals surface area contributed by atoms with Crippen LogP contribution in [0.4, 0.5) is 0 Å². The lowest BCUT2D eigenvalue weighted by atomic mass is 10.1. The minimum Gasteiger partial charge on any atom is -0.295 e. The highest BCUT2D eigenvalue weighted by molar-refractivity contribution is 6.34. The fourth-order valence-corrected chi connectivity index (χ4v) is 2.65. The van der Waals surface area contributed by atoms with Gasteiger partial charge in [-0.1, -0.05) is 51.4 Å². The first-order valence-corrected chi connectivity index (χ1v) is 9.42. The molecule has 1 aromatic carbocycles. The zero-order valence-corrected chi connectivity index (χ0v) is 16.4. The van der Waals surface area contributed by atoms with Gasteiger partial charge in [0.25, 0.3) is 0 Å². The largest absolute Gasteiger partial charge is 0.295 e. The van der Waals surface area contributed by atoms with Crippen molar-refractivity contribution < 1.29 is 0 Å². The Balaban J connectivity index is 2.35. The zero-order valence-electron chi connectivity index (χ0n) is 15.7. The summed E-state index contributed by atoms with van der Waals surface area (Å²) in [6.45, 7) is 10.9. The maximum atomic E-state index is 6.44. The van der Waals surface area contributed by atoms with Crippen LogP contribution in [0.15, 0.2) is 48.1 Å². The highest BCUT2D eigenvalue weighted by Gasteiger charge is 2.13. The van der Waals surface area contributed by atoms with Crippen molar-refractivity contribution in [2.24, 2.45) is 16.9 Å². The molecule has 0 aliphatic rings. The van der Waals surface area contributed by atoms with Gasteiger partial charge < -0.3 is 0 Å². The molecule has 0 radical (unpaired) electrons. The Labute approximate surface area is 156 Å². The van der Waals surface area contributed by atoms with Crippen LogP contribution in [0.1, 0.15) is 46.1 Å². The number of rotatable bonds is 8. The number of hydrogen-bond donors (Lipinski definition) is 0. The predicted molar refractivity (Wildman–Crippen MR) is 106 cm³/mol. The molecule has 0 saturated carbocycles. The van der Waals surface area contributed by atoms with Crippen molar-refractivity contribution in [3.63, 3.8) is 0 Å². The molecule has 0 aliphatic heterocycles. The van der Waals surface area contributed by atoms with E-state index in [1.165, 1.54) is 0 Å². The van der Waals surface area contributed by atoms with E-state index < -0.39 is 0 Å². The van der Waals surface area contributed by atoms with E-state index in [1.807, 2.05) is 35.0 Å². The van der Waals surface area contributed by atoms with Gasteiger partial charge in [0.2, 0.25) is 0 Å². The smallest absolute Gasteiger partial charge is 0.166 e. The molecule has 2 aromatic rings. The second-order valence-electron chi connectivity index (χ2n) is 7.19. The molecule has 1 aromatic heterocycles. The van der Waals surface area contributed by atoms with Crippen LogP contribution in [0.3, 0.4) is 0 Å². The van der Waals surface area contributed by atoms with E-state index in [-0.39, 0.29) is 0 Å². The standard InChI is InChI=1S/C20H29ClN4/c1-16(2)9-12-25(13-10-17(3)4)23-20(24-14-11-22-15-24)18-7-5-6-8-19(18)21/h5-8,11,14-17H,9-10,12-13H2,1-4H3. The number of imidazole rings is 1. The number of hydrazone groups is 1. The molecule has 0 N–H and O–H groups in total. The molecule has 0 amide bonds. The van der Waals surface area contributed by atoms with Crippen LogP contribution in [-0.2, 0) is 0 Å². The molecule has 0 saturated heterocycles. The van der Waals surface area contributed by atoms with Crippen molar-refractivity contribution in [2.45, 2.75) is 40.5 Å². The third-order valence-corrected chi connectivity index (χ3v) is 4.36. The van der Waals surface area contributed by atoms with Crippen LogP contribution in [-0.4, -0.2) is 33.5 Å². The highest BCUT2D eigenvalue weighted by Crippen LogP contribution is 2.18. The van der Waals surface area contributed by atoms with Crippen molar-refractivity contribution in [1.29, 1.82) is 0 Å². The Bertz CT molecular complexity index is 650. The van der Waals surface area contributed by atoms with E-state index in [1.54, 1.807) is 12.5 Å². The maximum absolute atomic E-state index is 6.44. The highest BCUT2D eigenvalue weighted by atomic mass is 35.5. The SMILES string of the molecule is CC(C)CCN(CCC(C)C)N=C(c1ccccc1Cl)n1ccnc1. The molecule has 25 heavy (non-hydrogen) atoms. The zero-order chi connectivity index (χ0) is 18.2. The van der Waals surface area contributed by atoms with E-state index in [0.29, 0.717) is 16.9 Å². The Morgan fingerprint density at radius 1 is 1.12 bits per heavy atom. The molecule has 0 aliphatic carbocycles. The van der Waals surface area contributed by atoms with Gasteiger partial charge in [0, 0.05) is 31.0 Å². The summed E-state index contributed by atoms with van der Waals surface area (Å²) in [5, 5.41) is 7.86. The number of hydrogen-bond acceptors (Lipinski definition) is 3. The normalized spacial score (nSPS) is 12.2. The van der Waals surface area contributed by atoms with Crippen LogP contribution >= 0.6 is 11.6 Å². The lowest BCUT2D eigenvalue weighted by Gasteiger charge is -2.23. The third-order valence-electron chi connectivity index (χ3n) is 4.03. The molecule has 5 heteroatoms. The Morgan fingerprint density at radius 2 is 1.76 bits per heavy atom. The average Bonchev–Trinajstić information content (AvgIpc) is 3.09. The fourth-order valence-electron chi connectivity index (χ4n) is 2.43. The average molecular weight is 361 g/mol. The van der Waals surface area contributed by atoms with Crippen molar-refractivity contribution >= 4 is 17.4 Å². The molecular weight excluding hydrogens is 332 g/mol. The molecule has 136 valence electrons. The minimum absolute atomic E-state index is 0.647. The lowest BCUT2D eigenvalue weighted by Crippen LogP contribution is -2.26. The maximum Gasteiger partial charge on any atom is 0.166 e. The Hall–Kier alpha value is -1.81. The monoisotopic (exact) mass is 360 g/mol. The number of aromatic nitrogens is 2. The van der Waals surface area contributed by atoms with Crippen LogP contribution in [0.25, 0.3) is 0 Å². The molecule has 0 bridgehead atoms. The fraction of sp³-hybridized carbons (Fsp3) is 0.500. The quantitative estimate of drug-likeness (QED) is 0.371. The van der Waals surface area contributed by atoms with Crippen molar-refractivity contribution in [3.8, 4) is 0 Å². The first kappa shape index (κ1) is 19.5. The summed E-state index contributed by atoms with van der Waals surface area (Å²) >= 11 is 6.44. The molecular formula is C20H29ClN4. The van der Waals surface area contributed by atoms with Gasteiger partial charge in [-0.3, -0.25) is 9.58 Å². The van der Waals surface area contributed by atoms with Crippen LogP contribution in [0.2, 0.25) is 5.02 Å². The van der Waals surface area contributed by atoms with Gasteiger partial charge in [-0.05, 0) is 36.8 Å². The van der Waals surface area contributed by atoms with E-state index >= 15 is 0 Å². The number of nitrogens with zero attached hydrogens (tertiary/aromatic N) is 4. The first-order chi connectivity index (χ1) is 12.0. The molecule has 0 spiro atoms. The lowest BCUT2D eigenvalue weighted by molar-refractivity contribution is 0.253. The molecule has 0 unspecified atom stereocenters. The minimum atomic E-state index is 0.647. The van der Waals surface area contributed by atoms with E-state index in [9.17, 15) is 0 Å². The van der Waals surface area contributed by atoms with Gasteiger partial charge in [-0.15, -0.1) is 0 Å². The second-order valence-corrected chi connectivity index (χ2v) is 7.60. The van der Waals surface area contributed by atoms with Crippen molar-refractivity contribution in [1.82, 2.24) is 14.6 Å². The topological polar surface area (TPSA) is 33.4 Å². The summed E-state index contributed by atoms with van der Waals surface area (Å²) < 4.78 is 1.93. The van der Waals surface area contributed by atoms with Gasteiger partial charge in [-0.25, -0.2) is 4.98 Å². The molecule has 4 nitrogen and oxygen atoms in total. The summed E-state index contributed by atoms with van der Waals surface area (Å²) in [4.78, 5) is 4.17. The summed E-state index contributed by atoms with van der Waals surface area (Å²) in [7, 11) is 0. The Morgan fingerprint density at radius 3 is 2.28 bits per heavy atom. The number of benzene rings is 1. The van der Waals surface area contributed by atoms with E-state index in [4.69, 9.17) is 16.7 Å². The van der Waals surface area contributed by atoms with Gasteiger partial charge in [-0.2, -0.15) is 5.10 Å². The molecule has 0 atom stereocenters. The van der Waals surface area contributed by atoms with Crippen molar-refractivity contribution in [2.75, 3.05) is 13.1 Å². The third kappa shape index (κ3) is 6.20. The summed E-state index contributed by atoms with van der Waals surface area (Å²) in [6, 6.07) is 7.83. The summed E-state index contributed by atoms with van der Waals surface area (Å²) in [6.07, 6.45) is 7.66. The van der Waals surface area contributed by atoms with Crippen molar-refractivity contribution in [3.05, 3.63) is 53.6 Å². The van der Waals surface area contributed by atoms with Crippen LogP contribution < -0.4 is 0 Å².